The van der Waals surface area contributed by atoms with E-state index < -0.39 is 21.8 Å². The number of sulfonamides is 1. The van der Waals surface area contributed by atoms with Gasteiger partial charge in [0.05, 0.1) is 4.90 Å². The molecule has 0 saturated carbocycles. The van der Waals surface area contributed by atoms with Gasteiger partial charge in [0.1, 0.15) is 0 Å². The topological polar surface area (TPSA) is 104 Å². The summed E-state index contributed by atoms with van der Waals surface area (Å²) in [5, 5.41) is 0. The van der Waals surface area contributed by atoms with E-state index in [0.717, 1.165) is 0 Å². The second-order valence-corrected chi connectivity index (χ2v) is 7.25. The molecule has 132 valence electrons. The van der Waals surface area contributed by atoms with E-state index in [0.29, 0.717) is 16.7 Å². The monoisotopic (exact) mass is 361 g/mol. The predicted molar refractivity (Wildman–Crippen MR) is 93.5 cm³/mol. The Morgan fingerprint density at radius 2 is 1.44 bits per heavy atom. The van der Waals surface area contributed by atoms with E-state index in [9.17, 15) is 18.0 Å². The third-order valence-electron chi connectivity index (χ3n) is 3.77. The Hall–Kier alpha value is -2.71. The van der Waals surface area contributed by atoms with E-state index in [4.69, 9.17) is 0 Å². The molecule has 2 rings (SSSR count). The smallest absolute Gasteiger partial charge is 0.267 e. The van der Waals surface area contributed by atoms with E-state index >= 15 is 0 Å². The van der Waals surface area contributed by atoms with Gasteiger partial charge in [0.2, 0.25) is 10.0 Å². The Morgan fingerprint density at radius 1 is 0.880 bits per heavy atom. The predicted octanol–water partition coefficient (Wildman–Crippen LogP) is 1.29. The van der Waals surface area contributed by atoms with Gasteiger partial charge in [-0.3, -0.25) is 20.4 Å². The van der Waals surface area contributed by atoms with Crippen LogP contribution in [0.15, 0.2) is 47.4 Å². The van der Waals surface area contributed by atoms with Crippen molar-refractivity contribution in [3.8, 4) is 0 Å². The highest BCUT2D eigenvalue weighted by molar-refractivity contribution is 7.89. The number of carbonyl (C=O) groups excluding carboxylic acids is 2. The van der Waals surface area contributed by atoms with Gasteiger partial charge in [0.15, 0.2) is 0 Å². The Morgan fingerprint density at radius 3 is 2.00 bits per heavy atom. The molecule has 7 nitrogen and oxygen atoms in total. The number of aryl methyl sites for hydroxylation is 1. The van der Waals surface area contributed by atoms with E-state index in [1.54, 1.807) is 50.2 Å². The van der Waals surface area contributed by atoms with Crippen LogP contribution in [0, 0.1) is 13.8 Å². The fourth-order valence-corrected chi connectivity index (χ4v) is 3.26. The van der Waals surface area contributed by atoms with Crippen molar-refractivity contribution >= 4 is 21.8 Å². The molecule has 0 fully saturated rings. The molecule has 0 bridgehead atoms. The number of carbonyl (C=O) groups is 2. The van der Waals surface area contributed by atoms with Gasteiger partial charge in [-0.25, -0.2) is 13.1 Å². The van der Waals surface area contributed by atoms with Gasteiger partial charge < -0.3 is 0 Å². The van der Waals surface area contributed by atoms with Gasteiger partial charge in [0, 0.05) is 11.1 Å². The third kappa shape index (κ3) is 4.23. The minimum atomic E-state index is -3.70. The zero-order valence-corrected chi connectivity index (χ0v) is 14.9. The molecule has 25 heavy (non-hydrogen) atoms. The van der Waals surface area contributed by atoms with Crippen LogP contribution in [0.3, 0.4) is 0 Å². The standard InChI is InChI=1S/C17H19N3O4S/c1-11-9-14(10-15(12(11)2)25(23,24)18-3)17(22)20-19-16(21)13-7-5-4-6-8-13/h4-10,18H,1-3H3,(H,19,21)(H,20,22). The van der Waals surface area contributed by atoms with Gasteiger partial charge in [-0.05, 0) is 56.3 Å². The number of nitrogens with one attached hydrogen (secondary N) is 3. The number of rotatable bonds is 4. The summed E-state index contributed by atoms with van der Waals surface area (Å²) in [5.41, 5.74) is 6.31. The van der Waals surface area contributed by atoms with E-state index in [1.807, 2.05) is 0 Å². The van der Waals surface area contributed by atoms with Crippen molar-refractivity contribution in [2.75, 3.05) is 7.05 Å². The zero-order valence-electron chi connectivity index (χ0n) is 14.1. The maximum atomic E-state index is 12.3. The van der Waals surface area contributed by atoms with Gasteiger partial charge in [-0.1, -0.05) is 18.2 Å². The molecule has 0 unspecified atom stereocenters. The second-order valence-electron chi connectivity index (χ2n) is 5.40. The van der Waals surface area contributed by atoms with Crippen molar-refractivity contribution in [3.05, 3.63) is 64.7 Å². The first kappa shape index (κ1) is 18.6. The highest BCUT2D eigenvalue weighted by atomic mass is 32.2. The lowest BCUT2D eigenvalue weighted by Gasteiger charge is -2.13. The Labute approximate surface area is 146 Å². The van der Waals surface area contributed by atoms with Crippen LogP contribution in [-0.2, 0) is 10.0 Å². The SMILES string of the molecule is CNS(=O)(=O)c1cc(C(=O)NNC(=O)c2ccccc2)cc(C)c1C. The summed E-state index contributed by atoms with van der Waals surface area (Å²) in [4.78, 5) is 24.2. The molecule has 0 aliphatic carbocycles. The second kappa shape index (κ2) is 7.45. The van der Waals surface area contributed by atoms with Crippen LogP contribution in [0.4, 0.5) is 0 Å². The lowest BCUT2D eigenvalue weighted by Crippen LogP contribution is -2.41. The highest BCUT2D eigenvalue weighted by Gasteiger charge is 2.19. The molecule has 2 aromatic carbocycles. The summed E-state index contributed by atoms with van der Waals surface area (Å²) in [6.07, 6.45) is 0. The van der Waals surface area contributed by atoms with E-state index in [2.05, 4.69) is 15.6 Å². The first-order chi connectivity index (χ1) is 11.8. The lowest BCUT2D eigenvalue weighted by molar-refractivity contribution is 0.0846. The molecule has 0 saturated heterocycles. The summed E-state index contributed by atoms with van der Waals surface area (Å²) >= 11 is 0. The van der Waals surface area contributed by atoms with Crippen LogP contribution in [0.1, 0.15) is 31.8 Å². The summed E-state index contributed by atoms with van der Waals surface area (Å²) < 4.78 is 26.4. The van der Waals surface area contributed by atoms with E-state index in [1.165, 1.54) is 13.1 Å². The Bertz CT molecular complexity index is 909. The number of hydrogen-bond acceptors (Lipinski definition) is 4. The molecule has 2 amide bonds. The zero-order chi connectivity index (χ0) is 18.6. The van der Waals surface area contributed by atoms with Crippen LogP contribution in [0.25, 0.3) is 0 Å². The van der Waals surface area contributed by atoms with Gasteiger partial charge in [0.25, 0.3) is 11.8 Å². The molecule has 0 heterocycles. The third-order valence-corrected chi connectivity index (χ3v) is 5.31. The van der Waals surface area contributed by atoms with Crippen LogP contribution in [0.5, 0.6) is 0 Å². The normalized spacial score (nSPS) is 11.0. The maximum Gasteiger partial charge on any atom is 0.269 e. The molecule has 0 radical (unpaired) electrons. The lowest BCUT2D eigenvalue weighted by atomic mass is 10.1. The summed E-state index contributed by atoms with van der Waals surface area (Å²) in [6, 6.07) is 11.2. The first-order valence-electron chi connectivity index (χ1n) is 7.47. The molecule has 0 aromatic heterocycles. The van der Waals surface area contributed by atoms with Crippen molar-refractivity contribution in [2.24, 2.45) is 0 Å². The fraction of sp³-hybridized carbons (Fsp3) is 0.176. The molecule has 0 aliphatic rings. The fourth-order valence-electron chi connectivity index (χ4n) is 2.19. The minimum absolute atomic E-state index is 0.0227. The highest BCUT2D eigenvalue weighted by Crippen LogP contribution is 2.20. The Kier molecular flexibility index (Phi) is 5.55. The maximum absolute atomic E-state index is 12.3. The van der Waals surface area contributed by atoms with Crippen molar-refractivity contribution < 1.29 is 18.0 Å². The number of hydrazine groups is 1. The summed E-state index contributed by atoms with van der Waals surface area (Å²) in [7, 11) is -2.40. The molecule has 0 aliphatic heterocycles. The van der Waals surface area contributed by atoms with Gasteiger partial charge in [-0.2, -0.15) is 0 Å². The molecular formula is C17H19N3O4S. The molecule has 0 spiro atoms. The first-order valence-corrected chi connectivity index (χ1v) is 8.95. The van der Waals surface area contributed by atoms with Gasteiger partial charge >= 0.3 is 0 Å². The summed E-state index contributed by atoms with van der Waals surface area (Å²) in [6.45, 7) is 3.38. The van der Waals surface area contributed by atoms with E-state index in [-0.39, 0.29) is 10.5 Å². The largest absolute Gasteiger partial charge is 0.269 e. The van der Waals surface area contributed by atoms with Crippen molar-refractivity contribution in [1.82, 2.24) is 15.6 Å². The van der Waals surface area contributed by atoms with Crippen LogP contribution >= 0.6 is 0 Å². The molecular weight excluding hydrogens is 342 g/mol. The minimum Gasteiger partial charge on any atom is -0.267 e. The molecule has 3 N–H and O–H groups in total. The average molecular weight is 361 g/mol. The molecule has 2 aromatic rings. The van der Waals surface area contributed by atoms with Crippen LogP contribution < -0.4 is 15.6 Å². The van der Waals surface area contributed by atoms with Gasteiger partial charge in [-0.15, -0.1) is 0 Å². The van der Waals surface area contributed by atoms with Crippen LogP contribution in [-0.4, -0.2) is 27.3 Å². The van der Waals surface area contributed by atoms with Crippen molar-refractivity contribution in [3.63, 3.8) is 0 Å². The molecule has 0 atom stereocenters. The number of amides is 2. The summed E-state index contributed by atoms with van der Waals surface area (Å²) in [5.74, 6) is -1.08. The Balaban J connectivity index is 2.21. The molecule has 8 heteroatoms. The number of benzene rings is 2. The average Bonchev–Trinajstić information content (AvgIpc) is 2.62. The van der Waals surface area contributed by atoms with Crippen molar-refractivity contribution in [1.29, 1.82) is 0 Å². The number of hydrogen-bond donors (Lipinski definition) is 3. The van der Waals surface area contributed by atoms with Crippen molar-refractivity contribution in [2.45, 2.75) is 18.7 Å². The van der Waals surface area contributed by atoms with Crippen LogP contribution in [0.2, 0.25) is 0 Å². The quantitative estimate of drug-likeness (QED) is 0.714.